The Morgan fingerprint density at radius 2 is 1.77 bits per heavy atom. The average molecular weight is 593 g/mol. The molecule has 3 aromatic carbocycles. The summed E-state index contributed by atoms with van der Waals surface area (Å²) in [6.07, 6.45) is 11.1. The standard InChI is InChI=1S/C27H22F2N2O2.C8H8N2O/c1-30-15-24-13-19-12-18(14-25(27(19)33-24)17-2-4-20(28)5-3-17)26-11-10-23(16-31-26)32-22-8-6-21(29)7-9-22;9-8-4-3-7(6-10-8)2-1-5-11/h2-14,16,26,30-31H,15H2,1H3;1-6H,(H2,9,10)/b;2-1+. The minimum absolute atomic E-state index is 0.0863. The summed E-state index contributed by atoms with van der Waals surface area (Å²) in [5.41, 5.74) is 9.80. The number of carbonyl (C=O) groups excluding carboxylic acids is 1. The van der Waals surface area contributed by atoms with Gasteiger partial charge in [-0.05, 0) is 103 Å². The van der Waals surface area contributed by atoms with Crippen LogP contribution in [0.4, 0.5) is 14.6 Å². The summed E-state index contributed by atoms with van der Waals surface area (Å²) >= 11 is 0. The highest BCUT2D eigenvalue weighted by molar-refractivity contribution is 5.93. The number of nitrogens with one attached hydrogen (secondary N) is 2. The lowest BCUT2D eigenvalue weighted by Crippen LogP contribution is -2.18. The van der Waals surface area contributed by atoms with Crippen molar-refractivity contribution in [3.8, 4) is 16.9 Å². The number of anilines is 1. The maximum atomic E-state index is 13.5. The number of dihydropyridines is 1. The molecule has 6 rings (SSSR count). The van der Waals surface area contributed by atoms with E-state index in [-0.39, 0.29) is 17.7 Å². The predicted octanol–water partition coefficient (Wildman–Crippen LogP) is 7.09. The van der Waals surface area contributed by atoms with Gasteiger partial charge in [-0.25, -0.2) is 13.8 Å². The van der Waals surface area contributed by atoms with Crippen LogP contribution in [0.3, 0.4) is 0 Å². The summed E-state index contributed by atoms with van der Waals surface area (Å²) in [7, 11) is 1.87. The van der Waals surface area contributed by atoms with E-state index in [4.69, 9.17) is 14.9 Å². The minimum atomic E-state index is -0.307. The second-order valence-electron chi connectivity index (χ2n) is 9.85. The van der Waals surface area contributed by atoms with Gasteiger partial charge in [0.25, 0.3) is 0 Å². The van der Waals surface area contributed by atoms with Crippen LogP contribution in [0.25, 0.3) is 28.2 Å². The number of aldehydes is 1. The maximum Gasteiger partial charge on any atom is 0.142 e. The van der Waals surface area contributed by atoms with E-state index in [0.29, 0.717) is 23.9 Å². The number of ether oxygens (including phenoxy) is 1. The highest BCUT2D eigenvalue weighted by Gasteiger charge is 2.18. The lowest BCUT2D eigenvalue weighted by Gasteiger charge is -2.20. The molecule has 7 nitrogen and oxygen atoms in total. The van der Waals surface area contributed by atoms with Crippen molar-refractivity contribution in [3.63, 3.8) is 0 Å². The van der Waals surface area contributed by atoms with Crippen molar-refractivity contribution in [1.82, 2.24) is 15.6 Å². The molecule has 0 radical (unpaired) electrons. The topological polar surface area (TPSA) is 102 Å². The molecule has 1 aliphatic rings. The third-order valence-corrected chi connectivity index (χ3v) is 6.64. The Morgan fingerprint density at radius 3 is 2.41 bits per heavy atom. The van der Waals surface area contributed by atoms with E-state index >= 15 is 0 Å². The fourth-order valence-corrected chi connectivity index (χ4v) is 4.56. The van der Waals surface area contributed by atoms with E-state index in [0.717, 1.165) is 45.3 Å². The lowest BCUT2D eigenvalue weighted by molar-refractivity contribution is -0.104. The third kappa shape index (κ3) is 7.64. The highest BCUT2D eigenvalue weighted by atomic mass is 19.1. The summed E-state index contributed by atoms with van der Waals surface area (Å²) in [6.45, 7) is 0.612. The summed E-state index contributed by atoms with van der Waals surface area (Å²) in [5.74, 6) is 1.90. The molecule has 0 aliphatic carbocycles. The number of hydrogen-bond acceptors (Lipinski definition) is 7. The molecule has 44 heavy (non-hydrogen) atoms. The molecule has 2 aromatic heterocycles. The molecular formula is C35H30F2N4O3. The van der Waals surface area contributed by atoms with Crippen molar-refractivity contribution in [2.24, 2.45) is 0 Å². The van der Waals surface area contributed by atoms with Crippen LogP contribution in [0.1, 0.15) is 22.9 Å². The van der Waals surface area contributed by atoms with E-state index in [9.17, 15) is 13.6 Å². The average Bonchev–Trinajstić information content (AvgIpc) is 3.45. The van der Waals surface area contributed by atoms with E-state index in [1.165, 1.54) is 30.3 Å². The molecule has 1 atom stereocenters. The highest BCUT2D eigenvalue weighted by Crippen LogP contribution is 2.35. The van der Waals surface area contributed by atoms with Gasteiger partial charge in [0.15, 0.2) is 0 Å². The minimum Gasteiger partial charge on any atom is -0.459 e. The summed E-state index contributed by atoms with van der Waals surface area (Å²) < 4.78 is 38.5. The van der Waals surface area contributed by atoms with Crippen LogP contribution in [0, 0.1) is 11.6 Å². The smallest absolute Gasteiger partial charge is 0.142 e. The molecule has 9 heteroatoms. The molecule has 222 valence electrons. The zero-order chi connectivity index (χ0) is 30.9. The van der Waals surface area contributed by atoms with Crippen molar-refractivity contribution in [3.05, 3.63) is 144 Å². The second-order valence-corrected chi connectivity index (χ2v) is 9.85. The maximum absolute atomic E-state index is 13.5. The van der Waals surface area contributed by atoms with Crippen molar-refractivity contribution < 1.29 is 22.7 Å². The van der Waals surface area contributed by atoms with Crippen LogP contribution in [-0.2, 0) is 11.3 Å². The quantitative estimate of drug-likeness (QED) is 0.131. The number of nitrogens with zero attached hydrogens (tertiary/aromatic N) is 1. The number of carbonyl (C=O) groups is 1. The van der Waals surface area contributed by atoms with Gasteiger partial charge >= 0.3 is 0 Å². The van der Waals surface area contributed by atoms with Crippen LogP contribution in [0.5, 0.6) is 5.75 Å². The molecule has 3 heterocycles. The summed E-state index contributed by atoms with van der Waals surface area (Å²) in [4.78, 5) is 13.8. The molecule has 5 aromatic rings. The van der Waals surface area contributed by atoms with Crippen LogP contribution >= 0.6 is 0 Å². The lowest BCUT2D eigenvalue weighted by atomic mass is 9.96. The number of benzene rings is 3. The number of pyridine rings is 1. The monoisotopic (exact) mass is 592 g/mol. The number of rotatable bonds is 8. The van der Waals surface area contributed by atoms with Crippen molar-refractivity contribution in [2.45, 2.75) is 12.6 Å². The van der Waals surface area contributed by atoms with Gasteiger partial charge in [0.05, 0.1) is 12.6 Å². The summed E-state index contributed by atoms with van der Waals surface area (Å²) in [5, 5.41) is 7.44. The fourth-order valence-electron chi connectivity index (χ4n) is 4.56. The molecule has 0 bridgehead atoms. The predicted molar refractivity (Wildman–Crippen MR) is 168 cm³/mol. The van der Waals surface area contributed by atoms with Gasteiger partial charge in [0, 0.05) is 23.3 Å². The third-order valence-electron chi connectivity index (χ3n) is 6.64. The number of nitrogen functional groups attached to an aromatic ring is 1. The SMILES string of the molecule is CNCc1cc2cc(C3C=CC(Oc4ccc(F)cc4)=CN3)cc(-c3ccc(F)cc3)c2o1.Nc1ccc(/C=C/C=O)cn1. The van der Waals surface area contributed by atoms with Crippen LogP contribution in [0.15, 0.2) is 120 Å². The van der Waals surface area contributed by atoms with Gasteiger partial charge in [0.2, 0.25) is 0 Å². The molecule has 0 spiro atoms. The van der Waals surface area contributed by atoms with E-state index in [2.05, 4.69) is 27.8 Å². The first kappa shape index (κ1) is 29.9. The number of nitrogens with two attached hydrogens (primary N) is 1. The number of halogens is 2. The van der Waals surface area contributed by atoms with Crippen LogP contribution in [-0.4, -0.2) is 18.3 Å². The Hall–Kier alpha value is -5.54. The molecule has 1 unspecified atom stereocenters. The molecule has 1 aliphatic heterocycles. The Balaban J connectivity index is 0.000000296. The van der Waals surface area contributed by atoms with Gasteiger partial charge in [-0.15, -0.1) is 0 Å². The van der Waals surface area contributed by atoms with Gasteiger partial charge in [-0.2, -0.15) is 0 Å². The number of fused-ring (bicyclic) bond motifs is 1. The van der Waals surface area contributed by atoms with Crippen LogP contribution < -0.4 is 21.1 Å². The molecule has 0 saturated carbocycles. The number of aromatic nitrogens is 1. The Bertz CT molecular complexity index is 1810. The van der Waals surface area contributed by atoms with Crippen molar-refractivity contribution >= 4 is 29.1 Å². The fraction of sp³-hybridized carbons (Fsp3) is 0.0857. The van der Waals surface area contributed by atoms with Gasteiger partial charge in [-0.3, -0.25) is 4.79 Å². The Kier molecular flexibility index (Phi) is 9.58. The number of furan rings is 1. The van der Waals surface area contributed by atoms with E-state index < -0.39 is 0 Å². The second kappa shape index (κ2) is 14.1. The molecular weight excluding hydrogens is 562 g/mol. The largest absolute Gasteiger partial charge is 0.459 e. The van der Waals surface area contributed by atoms with Crippen molar-refractivity contribution in [2.75, 3.05) is 12.8 Å². The van der Waals surface area contributed by atoms with Gasteiger partial charge < -0.3 is 25.5 Å². The first-order valence-electron chi connectivity index (χ1n) is 13.8. The number of hydrogen-bond donors (Lipinski definition) is 3. The van der Waals surface area contributed by atoms with Gasteiger partial charge in [0.1, 0.15) is 46.6 Å². The molecule has 0 saturated heterocycles. The Morgan fingerprint density at radius 1 is 1.02 bits per heavy atom. The Labute approximate surface area is 253 Å². The van der Waals surface area contributed by atoms with Crippen LogP contribution in [0.2, 0.25) is 0 Å². The molecule has 0 amide bonds. The van der Waals surface area contributed by atoms with E-state index in [1.807, 2.05) is 25.3 Å². The zero-order valence-electron chi connectivity index (χ0n) is 23.8. The van der Waals surface area contributed by atoms with E-state index in [1.54, 1.807) is 54.9 Å². The normalized spacial score (nSPS) is 14.1. The zero-order valence-corrected chi connectivity index (χ0v) is 23.8. The first-order valence-corrected chi connectivity index (χ1v) is 13.8. The number of allylic oxidation sites excluding steroid dienone is 2. The molecule has 4 N–H and O–H groups in total. The first-order chi connectivity index (χ1) is 21.4. The summed E-state index contributed by atoms with van der Waals surface area (Å²) in [6, 6.07) is 21.9. The van der Waals surface area contributed by atoms with Gasteiger partial charge in [-0.1, -0.05) is 24.3 Å². The van der Waals surface area contributed by atoms with Crippen molar-refractivity contribution in [1.29, 1.82) is 0 Å². The molecule has 0 fully saturated rings.